The van der Waals surface area contributed by atoms with Gasteiger partial charge < -0.3 is 5.73 Å². The molecule has 1 rings (SSSR count). The lowest BCUT2D eigenvalue weighted by molar-refractivity contribution is 0.177. The fraction of sp³-hybridized carbons (Fsp3) is 1.00. The zero-order valence-corrected chi connectivity index (χ0v) is 12.4. The molecule has 0 bridgehead atoms. The highest BCUT2D eigenvalue weighted by atomic mass is 32.2. The third kappa shape index (κ3) is 3.02. The summed E-state index contributed by atoms with van der Waals surface area (Å²) in [7, 11) is -3.11. The van der Waals surface area contributed by atoms with Crippen LogP contribution in [0, 0.1) is 11.8 Å². The number of nitrogens with two attached hydrogens (primary N) is 1. The fourth-order valence-electron chi connectivity index (χ4n) is 2.98. The fourth-order valence-corrected chi connectivity index (χ4v) is 3.65. The van der Waals surface area contributed by atoms with Crippen LogP contribution in [0.4, 0.5) is 0 Å². The third-order valence-corrected chi connectivity index (χ3v) is 6.90. The molecular weight excluding hydrogens is 234 g/mol. The molecule has 0 heterocycles. The van der Waals surface area contributed by atoms with Crippen LogP contribution in [0.3, 0.4) is 0 Å². The van der Waals surface area contributed by atoms with Crippen molar-refractivity contribution in [3.63, 3.8) is 0 Å². The predicted molar refractivity (Wildman–Crippen MR) is 72.6 cm³/mol. The second-order valence-electron chi connectivity index (χ2n) is 6.02. The summed E-state index contributed by atoms with van der Waals surface area (Å²) in [5.74, 6) is 0.957. The number of sulfone groups is 1. The van der Waals surface area contributed by atoms with Crippen LogP contribution in [0.1, 0.15) is 52.9 Å². The molecule has 0 amide bonds. The van der Waals surface area contributed by atoms with Crippen molar-refractivity contribution in [2.45, 2.75) is 63.7 Å². The Morgan fingerprint density at radius 2 is 1.82 bits per heavy atom. The minimum absolute atomic E-state index is 0.247. The first-order chi connectivity index (χ1) is 7.71. The van der Waals surface area contributed by atoms with Gasteiger partial charge in [0.25, 0.3) is 0 Å². The Kier molecular flexibility index (Phi) is 4.64. The Balaban J connectivity index is 2.91. The first-order valence-electron chi connectivity index (χ1n) is 6.67. The zero-order chi connectivity index (χ0) is 13.3. The highest BCUT2D eigenvalue weighted by Gasteiger charge is 2.43. The lowest BCUT2D eigenvalue weighted by Gasteiger charge is -2.41. The molecule has 1 fully saturated rings. The SMILES string of the molecule is CCC1CCCCC1C(N)C(C)(C)S(C)(=O)=O. The van der Waals surface area contributed by atoms with Crippen molar-refractivity contribution < 1.29 is 8.42 Å². The largest absolute Gasteiger partial charge is 0.326 e. The third-order valence-electron chi connectivity index (χ3n) is 4.71. The van der Waals surface area contributed by atoms with Gasteiger partial charge in [0, 0.05) is 12.3 Å². The lowest BCUT2D eigenvalue weighted by atomic mass is 9.71. The van der Waals surface area contributed by atoms with Crippen molar-refractivity contribution in [2.24, 2.45) is 17.6 Å². The lowest BCUT2D eigenvalue weighted by Crippen LogP contribution is -2.54. The van der Waals surface area contributed by atoms with Crippen LogP contribution < -0.4 is 5.73 Å². The van der Waals surface area contributed by atoms with Crippen LogP contribution in [0.5, 0.6) is 0 Å². The number of hydrogen-bond acceptors (Lipinski definition) is 3. The molecule has 0 aromatic rings. The summed E-state index contributed by atoms with van der Waals surface area (Å²) in [5.41, 5.74) is 6.30. The smallest absolute Gasteiger partial charge is 0.154 e. The molecule has 17 heavy (non-hydrogen) atoms. The van der Waals surface area contributed by atoms with Crippen LogP contribution in [0.15, 0.2) is 0 Å². The molecule has 0 aromatic carbocycles. The molecule has 102 valence electrons. The summed E-state index contributed by atoms with van der Waals surface area (Å²) in [6.45, 7) is 5.73. The van der Waals surface area contributed by atoms with E-state index in [1.807, 2.05) is 0 Å². The standard InChI is InChI=1S/C13H27NO2S/c1-5-10-8-6-7-9-11(10)12(14)13(2,3)17(4,15)16/h10-12H,5-9,14H2,1-4H3. The zero-order valence-electron chi connectivity index (χ0n) is 11.6. The normalized spacial score (nSPS) is 29.0. The first-order valence-corrected chi connectivity index (χ1v) is 8.56. The van der Waals surface area contributed by atoms with Crippen molar-refractivity contribution in [1.82, 2.24) is 0 Å². The number of hydrogen-bond donors (Lipinski definition) is 1. The topological polar surface area (TPSA) is 60.2 Å². The van der Waals surface area contributed by atoms with E-state index in [-0.39, 0.29) is 6.04 Å². The van der Waals surface area contributed by atoms with Gasteiger partial charge in [0.15, 0.2) is 9.84 Å². The van der Waals surface area contributed by atoms with Crippen LogP contribution in [-0.4, -0.2) is 25.5 Å². The van der Waals surface area contributed by atoms with E-state index < -0.39 is 14.6 Å². The van der Waals surface area contributed by atoms with E-state index in [2.05, 4.69) is 6.92 Å². The minimum atomic E-state index is -3.11. The molecule has 1 aliphatic carbocycles. The van der Waals surface area contributed by atoms with Crippen LogP contribution in [-0.2, 0) is 9.84 Å². The van der Waals surface area contributed by atoms with Crippen molar-refractivity contribution in [2.75, 3.05) is 6.26 Å². The summed E-state index contributed by atoms with van der Waals surface area (Å²) in [4.78, 5) is 0. The summed E-state index contributed by atoms with van der Waals surface area (Å²) >= 11 is 0. The summed E-state index contributed by atoms with van der Waals surface area (Å²) in [6.07, 6.45) is 7.15. The van der Waals surface area contributed by atoms with E-state index in [0.717, 1.165) is 12.8 Å². The molecule has 3 unspecified atom stereocenters. The molecule has 2 N–H and O–H groups in total. The maximum absolute atomic E-state index is 11.9. The molecule has 0 aliphatic heterocycles. The van der Waals surface area contributed by atoms with Gasteiger partial charge >= 0.3 is 0 Å². The average molecular weight is 261 g/mol. The Hall–Kier alpha value is -0.0900. The van der Waals surface area contributed by atoms with Crippen molar-refractivity contribution in [3.8, 4) is 0 Å². The molecule has 1 aliphatic rings. The monoisotopic (exact) mass is 261 g/mol. The molecule has 4 heteroatoms. The van der Waals surface area contributed by atoms with Gasteiger partial charge in [-0.2, -0.15) is 0 Å². The summed E-state index contributed by atoms with van der Waals surface area (Å²) in [6, 6.07) is -0.247. The van der Waals surface area contributed by atoms with Crippen molar-refractivity contribution >= 4 is 9.84 Å². The molecule has 0 saturated heterocycles. The predicted octanol–water partition coefficient (Wildman–Crippen LogP) is 2.35. The maximum Gasteiger partial charge on any atom is 0.154 e. The maximum atomic E-state index is 11.9. The molecule has 1 saturated carbocycles. The second-order valence-corrected chi connectivity index (χ2v) is 8.61. The Morgan fingerprint density at radius 3 is 2.29 bits per heavy atom. The van der Waals surface area contributed by atoms with Gasteiger partial charge in [0.05, 0.1) is 4.75 Å². The van der Waals surface area contributed by atoms with Crippen molar-refractivity contribution in [1.29, 1.82) is 0 Å². The Bertz CT molecular complexity index is 348. The van der Waals surface area contributed by atoms with Crippen LogP contribution in [0.25, 0.3) is 0 Å². The highest BCUT2D eigenvalue weighted by molar-refractivity contribution is 7.92. The van der Waals surface area contributed by atoms with E-state index in [4.69, 9.17) is 5.73 Å². The van der Waals surface area contributed by atoms with Crippen molar-refractivity contribution in [3.05, 3.63) is 0 Å². The molecule has 3 nitrogen and oxygen atoms in total. The summed E-state index contributed by atoms with van der Waals surface area (Å²) in [5, 5.41) is 0. The summed E-state index contributed by atoms with van der Waals surface area (Å²) < 4.78 is 22.9. The quantitative estimate of drug-likeness (QED) is 0.845. The number of rotatable bonds is 4. The van der Waals surface area contributed by atoms with Gasteiger partial charge in [-0.1, -0.05) is 32.6 Å². The molecule has 0 radical (unpaired) electrons. The van der Waals surface area contributed by atoms with Gasteiger partial charge in [-0.3, -0.25) is 0 Å². The van der Waals surface area contributed by atoms with Gasteiger partial charge in [-0.05, 0) is 32.1 Å². The first kappa shape index (κ1) is 15.0. The van der Waals surface area contributed by atoms with E-state index in [9.17, 15) is 8.42 Å². The highest BCUT2D eigenvalue weighted by Crippen LogP contribution is 2.38. The van der Waals surface area contributed by atoms with Crippen LogP contribution in [0.2, 0.25) is 0 Å². The van der Waals surface area contributed by atoms with Gasteiger partial charge in [-0.25, -0.2) is 8.42 Å². The molecule has 0 aromatic heterocycles. The average Bonchev–Trinajstić information content (AvgIpc) is 2.26. The van der Waals surface area contributed by atoms with Gasteiger partial charge in [0.1, 0.15) is 0 Å². The molecular formula is C13H27NO2S. The van der Waals surface area contributed by atoms with E-state index >= 15 is 0 Å². The molecule has 3 atom stereocenters. The van der Waals surface area contributed by atoms with Crippen LogP contribution >= 0.6 is 0 Å². The Labute approximate surface area is 106 Å². The van der Waals surface area contributed by atoms with E-state index in [1.54, 1.807) is 13.8 Å². The van der Waals surface area contributed by atoms with E-state index in [1.165, 1.54) is 25.5 Å². The van der Waals surface area contributed by atoms with E-state index in [0.29, 0.717) is 11.8 Å². The minimum Gasteiger partial charge on any atom is -0.326 e. The molecule has 0 spiro atoms. The van der Waals surface area contributed by atoms with Gasteiger partial charge in [-0.15, -0.1) is 0 Å². The van der Waals surface area contributed by atoms with Gasteiger partial charge in [0.2, 0.25) is 0 Å². The Morgan fingerprint density at radius 1 is 1.29 bits per heavy atom. The second kappa shape index (κ2) is 5.27.